The Kier molecular flexibility index (Phi) is 59.7. The van der Waals surface area contributed by atoms with Crippen LogP contribution in [0.1, 0.15) is 316 Å². The zero-order valence-corrected chi connectivity index (χ0v) is 53.2. The lowest BCUT2D eigenvalue weighted by Crippen LogP contribution is -2.40. The number of likely N-dealkylation sites (N-methyl/N-ethyl adjacent to an activating group) is 1. The van der Waals surface area contributed by atoms with Crippen LogP contribution in [0.25, 0.3) is 0 Å². The summed E-state index contributed by atoms with van der Waals surface area (Å²) < 4.78 is 22.9. The molecule has 0 aliphatic carbocycles. The van der Waals surface area contributed by atoms with Gasteiger partial charge in [-0.3, -0.25) is 9.59 Å². The number of hydrogen-bond acceptors (Lipinski definition) is 7. The molecule has 0 aromatic rings. The normalized spacial score (nSPS) is 13.1. The highest BCUT2D eigenvalue weighted by Gasteiger charge is 2.25. The molecule has 0 radical (unpaired) electrons. The Balaban J connectivity index is 3.90. The second-order valence-electron chi connectivity index (χ2n) is 24.1. The topological polar surface area (TPSA) is 108 Å². The number of hydrogen-bond donors (Lipinski definition) is 1. The van der Waals surface area contributed by atoms with E-state index in [9.17, 15) is 19.5 Å². The van der Waals surface area contributed by atoms with Crippen molar-refractivity contribution < 1.29 is 42.9 Å². The number of nitrogens with zero attached hydrogens (tertiary/aromatic N) is 1. The number of carboxylic acid groups (broad SMARTS) is 1. The summed E-state index contributed by atoms with van der Waals surface area (Å²) in [5, 5.41) is 9.71. The smallest absolute Gasteiger partial charge is 0.361 e. The van der Waals surface area contributed by atoms with E-state index >= 15 is 0 Å². The first-order valence-corrected chi connectivity index (χ1v) is 34.0. The van der Waals surface area contributed by atoms with E-state index in [0.29, 0.717) is 17.4 Å². The Morgan fingerprint density at radius 1 is 0.388 bits per heavy atom. The lowest BCUT2D eigenvalue weighted by atomic mass is 10.0. The molecule has 0 saturated heterocycles. The molecule has 0 saturated carbocycles. The van der Waals surface area contributed by atoms with Crippen molar-refractivity contribution in [3.63, 3.8) is 0 Å². The molecule has 0 aromatic heterocycles. The van der Waals surface area contributed by atoms with Gasteiger partial charge in [-0.15, -0.1) is 0 Å². The van der Waals surface area contributed by atoms with E-state index in [0.717, 1.165) is 83.5 Å². The van der Waals surface area contributed by atoms with Gasteiger partial charge in [-0.2, -0.15) is 0 Å². The summed E-state index contributed by atoms with van der Waals surface area (Å²) in [6, 6.07) is 0. The van der Waals surface area contributed by atoms with Crippen molar-refractivity contribution in [1.82, 2.24) is 0 Å². The van der Waals surface area contributed by atoms with Crippen molar-refractivity contribution in [2.45, 2.75) is 328 Å². The third-order valence-electron chi connectivity index (χ3n) is 15.0. The molecule has 0 rings (SSSR count). The first-order valence-electron chi connectivity index (χ1n) is 34.0. The maximum absolute atomic E-state index is 12.9. The van der Waals surface area contributed by atoms with Crippen LogP contribution in [0.3, 0.4) is 0 Å². The lowest BCUT2D eigenvalue weighted by Gasteiger charge is -2.25. The molecule has 0 aliphatic heterocycles. The SMILES string of the molecule is CC/C=C\C/C=C\C/C=C\C/C=C\CCCCCCCCCCCCCCCCCCCCCCCCCCCCCCC(=O)OC(COC(=O)CCCCCCC/C=C\CCCCCCC)COC(OCC[N+](C)(C)C)C(=O)O. The lowest BCUT2D eigenvalue weighted by molar-refractivity contribution is -0.870. The molecule has 466 valence electrons. The summed E-state index contributed by atoms with van der Waals surface area (Å²) in [6.07, 6.45) is 77.9. The fraction of sp³-hybridized carbons (Fsp3) is 0.817. The van der Waals surface area contributed by atoms with E-state index in [1.54, 1.807) is 0 Å². The van der Waals surface area contributed by atoms with Gasteiger partial charge in [0.05, 0.1) is 34.4 Å². The van der Waals surface area contributed by atoms with Gasteiger partial charge in [0.15, 0.2) is 6.10 Å². The second-order valence-corrected chi connectivity index (χ2v) is 24.1. The largest absolute Gasteiger partial charge is 0.477 e. The van der Waals surface area contributed by atoms with Crippen LogP contribution in [0.4, 0.5) is 0 Å². The second kappa shape index (κ2) is 62.0. The third-order valence-corrected chi connectivity index (χ3v) is 15.0. The highest BCUT2D eigenvalue weighted by atomic mass is 16.7. The highest BCUT2D eigenvalue weighted by Crippen LogP contribution is 2.18. The van der Waals surface area contributed by atoms with E-state index in [2.05, 4.69) is 74.6 Å². The maximum atomic E-state index is 12.9. The van der Waals surface area contributed by atoms with Gasteiger partial charge >= 0.3 is 17.9 Å². The molecule has 0 amide bonds. The molecule has 9 heteroatoms. The summed E-state index contributed by atoms with van der Waals surface area (Å²) in [4.78, 5) is 37.4. The van der Waals surface area contributed by atoms with E-state index in [4.69, 9.17) is 18.9 Å². The Hall–Kier alpha value is -3.01. The molecule has 80 heavy (non-hydrogen) atoms. The van der Waals surface area contributed by atoms with Gasteiger partial charge in [-0.05, 0) is 77.0 Å². The molecule has 9 nitrogen and oxygen atoms in total. The Morgan fingerprint density at radius 2 is 0.713 bits per heavy atom. The number of esters is 2. The molecule has 2 atom stereocenters. The van der Waals surface area contributed by atoms with Gasteiger partial charge in [0, 0.05) is 12.8 Å². The van der Waals surface area contributed by atoms with Crippen molar-refractivity contribution in [1.29, 1.82) is 0 Å². The molecule has 0 aliphatic rings. The summed E-state index contributed by atoms with van der Waals surface area (Å²) in [5.41, 5.74) is 0. The Labute approximate surface area is 495 Å². The minimum atomic E-state index is -1.51. The van der Waals surface area contributed by atoms with E-state index in [1.165, 1.54) is 205 Å². The number of aliphatic carboxylic acids is 1. The number of carboxylic acids is 1. The standard InChI is InChI=1S/C71H129NO8/c1-6-8-10-12-14-16-18-20-22-23-24-25-26-27-28-29-30-31-32-33-34-35-36-37-38-39-40-41-42-43-44-45-46-47-48-50-52-54-56-58-60-62-69(74)80-67(66-79-71(70(75)76)77-64-63-72(3,4)5)65-78-68(73)61-59-57-55-53-51-49-21-19-17-15-13-11-9-7-2/h8,10,14,16,19-22,24-25,67,71H,6-7,9,11-13,15,17-18,23,26-66H2,1-5H3/p+1/b10-8-,16-14-,21-19-,22-20-,25-24-. The highest BCUT2D eigenvalue weighted by molar-refractivity contribution is 5.71. The van der Waals surface area contributed by atoms with E-state index in [1.807, 2.05) is 21.1 Å². The maximum Gasteiger partial charge on any atom is 0.361 e. The van der Waals surface area contributed by atoms with Crippen molar-refractivity contribution in [3.05, 3.63) is 60.8 Å². The van der Waals surface area contributed by atoms with E-state index in [-0.39, 0.29) is 32.2 Å². The van der Waals surface area contributed by atoms with Crippen LogP contribution in [0, 0.1) is 0 Å². The number of carbonyl (C=O) groups is 3. The molecule has 2 unspecified atom stereocenters. The average molecular weight is 1130 g/mol. The van der Waals surface area contributed by atoms with Crippen molar-refractivity contribution >= 4 is 17.9 Å². The van der Waals surface area contributed by atoms with Gasteiger partial charge in [0.2, 0.25) is 0 Å². The quantitative estimate of drug-likeness (QED) is 0.0211. The van der Waals surface area contributed by atoms with Crippen LogP contribution in [-0.2, 0) is 33.3 Å². The number of ether oxygens (including phenoxy) is 4. The Bertz CT molecular complexity index is 1500. The predicted molar refractivity (Wildman–Crippen MR) is 341 cm³/mol. The molecule has 0 spiro atoms. The molecule has 1 N–H and O–H groups in total. The van der Waals surface area contributed by atoms with Gasteiger partial charge in [0.25, 0.3) is 6.29 Å². The molecule has 0 fully saturated rings. The van der Waals surface area contributed by atoms with Crippen molar-refractivity contribution in [2.24, 2.45) is 0 Å². The predicted octanol–water partition coefficient (Wildman–Crippen LogP) is 20.7. The number of rotatable bonds is 63. The van der Waals surface area contributed by atoms with Gasteiger partial charge < -0.3 is 28.5 Å². The minimum absolute atomic E-state index is 0.183. The fourth-order valence-corrected chi connectivity index (χ4v) is 9.83. The van der Waals surface area contributed by atoms with Crippen LogP contribution >= 0.6 is 0 Å². The van der Waals surface area contributed by atoms with Gasteiger partial charge in [-0.1, -0.05) is 286 Å². The van der Waals surface area contributed by atoms with Gasteiger partial charge in [-0.25, -0.2) is 4.79 Å². The summed E-state index contributed by atoms with van der Waals surface area (Å²) in [7, 11) is 5.98. The molecule has 0 bridgehead atoms. The van der Waals surface area contributed by atoms with Crippen LogP contribution in [0.2, 0.25) is 0 Å². The number of unbranched alkanes of at least 4 members (excludes halogenated alkanes) is 38. The molecular weight excluding hydrogens is 995 g/mol. The summed E-state index contributed by atoms with van der Waals surface area (Å²) >= 11 is 0. The van der Waals surface area contributed by atoms with Gasteiger partial charge in [0.1, 0.15) is 13.2 Å². The monoisotopic (exact) mass is 1120 g/mol. The first-order chi connectivity index (χ1) is 39.1. The van der Waals surface area contributed by atoms with Crippen molar-refractivity contribution in [2.75, 3.05) is 47.5 Å². The fourth-order valence-electron chi connectivity index (χ4n) is 9.83. The number of carbonyl (C=O) groups excluding carboxylic acids is 2. The first kappa shape index (κ1) is 77.0. The Morgan fingerprint density at radius 3 is 1.07 bits per heavy atom. The zero-order chi connectivity index (χ0) is 58.3. The average Bonchev–Trinajstić information content (AvgIpc) is 3.43. The molecule has 0 heterocycles. The van der Waals surface area contributed by atoms with Crippen molar-refractivity contribution in [3.8, 4) is 0 Å². The zero-order valence-electron chi connectivity index (χ0n) is 53.2. The summed E-state index contributed by atoms with van der Waals surface area (Å²) in [6.45, 7) is 4.78. The number of quaternary nitrogens is 1. The van der Waals surface area contributed by atoms with E-state index < -0.39 is 24.3 Å². The summed E-state index contributed by atoms with van der Waals surface area (Å²) in [5.74, 6) is -2.00. The van der Waals surface area contributed by atoms with Crippen LogP contribution in [-0.4, -0.2) is 87.4 Å². The third kappa shape index (κ3) is 62.6. The molecule has 0 aromatic carbocycles. The minimum Gasteiger partial charge on any atom is -0.477 e. The van der Waals surface area contributed by atoms with Crippen LogP contribution < -0.4 is 0 Å². The number of allylic oxidation sites excluding steroid dienone is 10. The molecular formula is C71H130NO8+. The van der Waals surface area contributed by atoms with Crippen LogP contribution in [0.5, 0.6) is 0 Å². The van der Waals surface area contributed by atoms with Crippen LogP contribution in [0.15, 0.2) is 60.8 Å².